The Morgan fingerprint density at radius 1 is 1.54 bits per heavy atom. The largest absolute Gasteiger partial charge is 0.477 e. The zero-order valence-electron chi connectivity index (χ0n) is 6.61. The summed E-state index contributed by atoms with van der Waals surface area (Å²) in [4.78, 5) is 13.2. The van der Waals surface area contributed by atoms with Crippen molar-refractivity contribution in [1.29, 1.82) is 0 Å². The Hall–Kier alpha value is -2.04. The van der Waals surface area contributed by atoms with Gasteiger partial charge in [0.2, 0.25) is 0 Å². The minimum Gasteiger partial charge on any atom is -0.477 e. The van der Waals surface area contributed by atoms with Crippen LogP contribution in [0.2, 0.25) is 0 Å². The van der Waals surface area contributed by atoms with Gasteiger partial charge in [-0.15, -0.1) is 0 Å². The summed E-state index contributed by atoms with van der Waals surface area (Å²) in [6, 6.07) is 3.32. The molecule has 5 heteroatoms. The van der Waals surface area contributed by atoms with Crippen molar-refractivity contribution in [1.82, 2.24) is 15.2 Å². The van der Waals surface area contributed by atoms with E-state index in [9.17, 15) is 4.79 Å². The predicted octanol–water partition coefficient (Wildman–Crippen LogP) is 1.10. The Bertz CT molecular complexity index is 416. The van der Waals surface area contributed by atoms with Gasteiger partial charge >= 0.3 is 5.97 Å². The summed E-state index contributed by atoms with van der Waals surface area (Å²) in [5.74, 6) is -0.967. The van der Waals surface area contributed by atoms with Gasteiger partial charge < -0.3 is 10.1 Å². The van der Waals surface area contributed by atoms with E-state index in [0.717, 1.165) is 11.3 Å². The van der Waals surface area contributed by atoms with E-state index < -0.39 is 5.97 Å². The summed E-state index contributed by atoms with van der Waals surface area (Å²) in [6.07, 6.45) is 3.24. The fourth-order valence-corrected chi connectivity index (χ4v) is 1.09. The van der Waals surface area contributed by atoms with Gasteiger partial charge in [0.1, 0.15) is 5.69 Å². The smallest absolute Gasteiger partial charge is 0.352 e. The number of hydrogen-bond acceptors (Lipinski definition) is 2. The van der Waals surface area contributed by atoms with E-state index in [4.69, 9.17) is 5.11 Å². The maximum atomic E-state index is 10.5. The highest BCUT2D eigenvalue weighted by Gasteiger charge is 2.07. The van der Waals surface area contributed by atoms with E-state index >= 15 is 0 Å². The molecule has 2 aromatic rings. The first-order valence-electron chi connectivity index (χ1n) is 3.69. The van der Waals surface area contributed by atoms with Crippen molar-refractivity contribution in [3.8, 4) is 11.3 Å². The molecule has 66 valence electrons. The first kappa shape index (κ1) is 7.60. The van der Waals surface area contributed by atoms with Crippen LogP contribution in [0.3, 0.4) is 0 Å². The molecule has 0 saturated carbocycles. The molecule has 0 spiro atoms. The fourth-order valence-electron chi connectivity index (χ4n) is 1.09. The maximum Gasteiger partial charge on any atom is 0.352 e. The van der Waals surface area contributed by atoms with Gasteiger partial charge in [-0.2, -0.15) is 5.10 Å². The molecule has 0 unspecified atom stereocenters. The summed E-state index contributed by atoms with van der Waals surface area (Å²) in [6.45, 7) is 0. The lowest BCUT2D eigenvalue weighted by Crippen LogP contribution is -1.94. The maximum absolute atomic E-state index is 10.5. The fraction of sp³-hybridized carbons (Fsp3) is 0. The van der Waals surface area contributed by atoms with Gasteiger partial charge in [-0.05, 0) is 12.1 Å². The third kappa shape index (κ3) is 1.31. The Labute approximate surface area is 73.4 Å². The van der Waals surface area contributed by atoms with Crippen molar-refractivity contribution in [2.75, 3.05) is 0 Å². The molecule has 2 rings (SSSR count). The first-order chi connectivity index (χ1) is 6.27. The van der Waals surface area contributed by atoms with E-state index in [0.29, 0.717) is 0 Å². The van der Waals surface area contributed by atoms with Gasteiger partial charge in [0.15, 0.2) is 0 Å². The van der Waals surface area contributed by atoms with Crippen molar-refractivity contribution in [3.05, 3.63) is 30.2 Å². The molecule has 3 N–H and O–H groups in total. The van der Waals surface area contributed by atoms with Crippen LogP contribution in [0.15, 0.2) is 24.5 Å². The molecule has 0 aliphatic carbocycles. The molecule has 0 atom stereocenters. The Kier molecular flexibility index (Phi) is 1.63. The average molecular weight is 177 g/mol. The van der Waals surface area contributed by atoms with Gasteiger partial charge in [-0.1, -0.05) is 0 Å². The Morgan fingerprint density at radius 2 is 2.38 bits per heavy atom. The molecule has 2 aromatic heterocycles. The second-order valence-corrected chi connectivity index (χ2v) is 2.58. The highest BCUT2D eigenvalue weighted by Crippen LogP contribution is 2.16. The van der Waals surface area contributed by atoms with Crippen LogP contribution in [-0.2, 0) is 0 Å². The number of aromatic amines is 2. The number of H-pyrrole nitrogens is 2. The van der Waals surface area contributed by atoms with Crippen molar-refractivity contribution in [2.45, 2.75) is 0 Å². The zero-order chi connectivity index (χ0) is 9.26. The summed E-state index contributed by atoms with van der Waals surface area (Å²) in [5.41, 5.74) is 1.75. The second-order valence-electron chi connectivity index (χ2n) is 2.58. The van der Waals surface area contributed by atoms with Gasteiger partial charge in [0.25, 0.3) is 0 Å². The topological polar surface area (TPSA) is 81.8 Å². The van der Waals surface area contributed by atoms with Crippen LogP contribution >= 0.6 is 0 Å². The number of carboxylic acid groups (broad SMARTS) is 1. The summed E-state index contributed by atoms with van der Waals surface area (Å²) in [5, 5.41) is 15.1. The molecule has 0 bridgehead atoms. The quantitative estimate of drug-likeness (QED) is 0.642. The molecule has 0 aromatic carbocycles. The number of carbonyl (C=O) groups is 1. The summed E-state index contributed by atoms with van der Waals surface area (Å²) >= 11 is 0. The molecule has 2 heterocycles. The van der Waals surface area contributed by atoms with Crippen LogP contribution in [0, 0.1) is 0 Å². The monoisotopic (exact) mass is 177 g/mol. The predicted molar refractivity (Wildman–Crippen MR) is 45.3 cm³/mol. The van der Waals surface area contributed by atoms with E-state index in [1.54, 1.807) is 24.5 Å². The number of nitrogens with one attached hydrogen (secondary N) is 2. The van der Waals surface area contributed by atoms with Gasteiger partial charge in [0, 0.05) is 18.0 Å². The van der Waals surface area contributed by atoms with E-state index in [2.05, 4.69) is 15.2 Å². The summed E-state index contributed by atoms with van der Waals surface area (Å²) < 4.78 is 0. The van der Waals surface area contributed by atoms with Gasteiger partial charge in [-0.25, -0.2) is 4.79 Å². The highest BCUT2D eigenvalue weighted by atomic mass is 16.4. The lowest BCUT2D eigenvalue weighted by atomic mass is 10.2. The molecule has 0 radical (unpaired) electrons. The van der Waals surface area contributed by atoms with Crippen LogP contribution in [0.4, 0.5) is 0 Å². The van der Waals surface area contributed by atoms with Crippen molar-refractivity contribution in [2.24, 2.45) is 0 Å². The van der Waals surface area contributed by atoms with E-state index in [1.165, 1.54) is 0 Å². The van der Waals surface area contributed by atoms with Gasteiger partial charge in [0.05, 0.1) is 5.69 Å². The lowest BCUT2D eigenvalue weighted by Gasteiger charge is -1.86. The van der Waals surface area contributed by atoms with E-state index in [1.807, 2.05) is 0 Å². The van der Waals surface area contributed by atoms with Gasteiger partial charge in [-0.3, -0.25) is 5.10 Å². The Balaban J connectivity index is 2.39. The molecular formula is C8H7N3O2. The molecule has 0 saturated heterocycles. The molecule has 0 amide bonds. The molecule has 0 fully saturated rings. The number of nitrogens with zero attached hydrogens (tertiary/aromatic N) is 1. The lowest BCUT2D eigenvalue weighted by molar-refractivity contribution is 0.0691. The highest BCUT2D eigenvalue weighted by molar-refractivity contribution is 5.87. The molecule has 0 aliphatic rings. The first-order valence-corrected chi connectivity index (χ1v) is 3.69. The average Bonchev–Trinajstić information content (AvgIpc) is 2.75. The number of carboxylic acids is 1. The van der Waals surface area contributed by atoms with Crippen LogP contribution in [0.25, 0.3) is 11.3 Å². The minimum atomic E-state index is -0.967. The number of hydrogen-bond donors (Lipinski definition) is 3. The molecule has 0 aliphatic heterocycles. The van der Waals surface area contributed by atoms with Crippen LogP contribution in [0.5, 0.6) is 0 Å². The minimum absolute atomic E-state index is 0.171. The van der Waals surface area contributed by atoms with Crippen LogP contribution in [-0.4, -0.2) is 26.3 Å². The van der Waals surface area contributed by atoms with Crippen molar-refractivity contribution >= 4 is 5.97 Å². The molecule has 13 heavy (non-hydrogen) atoms. The molecular weight excluding hydrogens is 170 g/mol. The SMILES string of the molecule is O=C(O)c1cc(-c2ccn[nH]2)c[nH]1. The third-order valence-electron chi connectivity index (χ3n) is 1.73. The zero-order valence-corrected chi connectivity index (χ0v) is 6.61. The summed E-state index contributed by atoms with van der Waals surface area (Å²) in [7, 11) is 0. The standard InChI is InChI=1S/C8H7N3O2/c12-8(13)7-3-5(4-9-7)6-1-2-10-11-6/h1-4,9H,(H,10,11)(H,12,13). The van der Waals surface area contributed by atoms with E-state index in [-0.39, 0.29) is 5.69 Å². The van der Waals surface area contributed by atoms with Crippen LogP contribution < -0.4 is 0 Å². The second kappa shape index (κ2) is 2.78. The number of aromatic carboxylic acids is 1. The number of rotatable bonds is 2. The van der Waals surface area contributed by atoms with Crippen LogP contribution in [0.1, 0.15) is 10.5 Å². The molecule has 5 nitrogen and oxygen atoms in total. The van der Waals surface area contributed by atoms with Crippen molar-refractivity contribution < 1.29 is 9.90 Å². The number of aromatic nitrogens is 3. The van der Waals surface area contributed by atoms with Crippen molar-refractivity contribution in [3.63, 3.8) is 0 Å². The Morgan fingerprint density at radius 3 is 2.92 bits per heavy atom. The third-order valence-corrected chi connectivity index (χ3v) is 1.73. The normalized spacial score (nSPS) is 10.2.